The molecule has 5 nitrogen and oxygen atoms in total. The van der Waals surface area contributed by atoms with Crippen molar-refractivity contribution in [1.82, 2.24) is 14.9 Å². The number of fused-ring (bicyclic) bond motifs is 1. The zero-order chi connectivity index (χ0) is 13.6. The van der Waals surface area contributed by atoms with E-state index in [-0.39, 0.29) is 5.78 Å². The van der Waals surface area contributed by atoms with Crippen LogP contribution in [0.5, 0.6) is 0 Å². The van der Waals surface area contributed by atoms with Crippen LogP contribution in [0.1, 0.15) is 21.7 Å². The first kappa shape index (κ1) is 11.6. The number of rotatable bonds is 1. The van der Waals surface area contributed by atoms with Crippen molar-refractivity contribution in [3.05, 3.63) is 47.8 Å². The molecule has 0 fully saturated rings. The summed E-state index contributed by atoms with van der Waals surface area (Å²) in [5.74, 6) is 0.537. The van der Waals surface area contributed by atoms with Gasteiger partial charge in [0.1, 0.15) is 17.3 Å². The largest absolute Gasteiger partial charge is 0.287 e. The summed E-state index contributed by atoms with van der Waals surface area (Å²) in [7, 11) is 1.79. The Morgan fingerprint density at radius 2 is 1.95 bits per heavy atom. The monoisotopic (exact) mass is 250 g/mol. The zero-order valence-electron chi connectivity index (χ0n) is 10.7. The molecule has 1 aliphatic carbocycles. The van der Waals surface area contributed by atoms with E-state index in [0.717, 1.165) is 5.56 Å². The smallest absolute Gasteiger partial charge is 0.214 e. The number of benzene rings is 1. The highest BCUT2D eigenvalue weighted by Crippen LogP contribution is 2.28. The summed E-state index contributed by atoms with van der Waals surface area (Å²) in [5.41, 5.74) is 3.13. The van der Waals surface area contributed by atoms with Gasteiger partial charge in [0.2, 0.25) is 5.78 Å². The van der Waals surface area contributed by atoms with Gasteiger partial charge in [-0.15, -0.1) is 10.2 Å². The fraction of sp³-hybridized carbons (Fsp3) is 0.0769. The summed E-state index contributed by atoms with van der Waals surface area (Å²) in [6.07, 6.45) is 0. The van der Waals surface area contributed by atoms with Gasteiger partial charge in [-0.3, -0.25) is 4.79 Å². The normalized spacial score (nSPS) is 16.2. The molecular weight excluding hydrogens is 239 g/mol. The minimum absolute atomic E-state index is 0.104. The maximum atomic E-state index is 12.3. The molecular formula is C13H11BN4O. The van der Waals surface area contributed by atoms with Gasteiger partial charge in [0, 0.05) is 11.1 Å². The molecule has 0 saturated carbocycles. The summed E-state index contributed by atoms with van der Waals surface area (Å²) < 4.78 is 1.56. The van der Waals surface area contributed by atoms with E-state index in [1.807, 2.05) is 18.2 Å². The number of hydrogen-bond acceptors (Lipinski definition) is 4. The third-order valence-electron chi connectivity index (χ3n) is 3.15. The zero-order valence-corrected chi connectivity index (χ0v) is 10.7. The Morgan fingerprint density at radius 1 is 1.26 bits per heavy atom. The molecule has 2 aromatic rings. The summed E-state index contributed by atoms with van der Waals surface area (Å²) in [6.45, 7) is 5.75. The second-order valence-electron chi connectivity index (χ2n) is 4.41. The molecule has 0 amide bonds. The molecule has 1 aliphatic rings. The summed E-state index contributed by atoms with van der Waals surface area (Å²) in [6, 6.07) is 7.39. The van der Waals surface area contributed by atoms with E-state index in [0.29, 0.717) is 28.4 Å². The van der Waals surface area contributed by atoms with Crippen molar-refractivity contribution < 1.29 is 4.79 Å². The number of hydrogen-bond donors (Lipinski definition) is 0. The first-order valence-electron chi connectivity index (χ1n) is 5.90. The number of aromatic nitrogens is 3. The highest BCUT2D eigenvalue weighted by Gasteiger charge is 2.30. The van der Waals surface area contributed by atoms with E-state index >= 15 is 0 Å². The molecule has 0 aliphatic heterocycles. The van der Waals surface area contributed by atoms with Crippen LogP contribution >= 0.6 is 0 Å². The maximum Gasteiger partial charge on any atom is 0.214 e. The third kappa shape index (κ3) is 1.64. The first-order valence-corrected chi connectivity index (χ1v) is 5.90. The average molecular weight is 250 g/mol. The summed E-state index contributed by atoms with van der Waals surface area (Å²) >= 11 is 0. The van der Waals surface area contributed by atoms with Crippen molar-refractivity contribution in [2.75, 3.05) is 0 Å². The van der Waals surface area contributed by atoms with Gasteiger partial charge in [-0.1, -0.05) is 30.8 Å². The molecule has 6 heteroatoms. The Hall–Kier alpha value is -2.50. The predicted octanol–water partition coefficient (Wildman–Crippen LogP) is -0.0413. The van der Waals surface area contributed by atoms with Crippen molar-refractivity contribution in [1.29, 1.82) is 0 Å². The quantitative estimate of drug-likeness (QED) is 0.667. The van der Waals surface area contributed by atoms with E-state index in [2.05, 4.69) is 21.9 Å². The average Bonchev–Trinajstić information content (AvgIpc) is 2.85. The molecule has 1 aromatic heterocycles. The van der Waals surface area contributed by atoms with E-state index in [1.165, 1.54) is 0 Å². The van der Waals surface area contributed by atoms with Crippen LogP contribution in [0, 0.1) is 6.92 Å². The van der Waals surface area contributed by atoms with Gasteiger partial charge in [0.15, 0.2) is 7.85 Å². The summed E-state index contributed by atoms with van der Waals surface area (Å²) in [5, 5.41) is 12.2. The topological polar surface area (TPSA) is 60.1 Å². The van der Waals surface area contributed by atoms with Crippen LogP contribution in [0.4, 0.5) is 0 Å². The molecule has 0 saturated heterocycles. The molecule has 3 rings (SSSR count). The molecule has 1 aromatic carbocycles. The molecule has 1 heterocycles. The van der Waals surface area contributed by atoms with Crippen LogP contribution < -0.4 is 5.72 Å². The number of ketones is 1. The maximum absolute atomic E-state index is 12.3. The van der Waals surface area contributed by atoms with Crippen molar-refractivity contribution >= 4 is 30.6 Å². The lowest BCUT2D eigenvalue weighted by molar-refractivity contribution is 0.106. The van der Waals surface area contributed by atoms with Gasteiger partial charge in [-0.05, 0) is 12.5 Å². The number of Topliss-reactive ketones (excluding diaryl/α,β-unsaturated/α-hetero) is 1. The molecule has 0 spiro atoms. The van der Waals surface area contributed by atoms with Crippen LogP contribution in [-0.2, 0) is 0 Å². The van der Waals surface area contributed by atoms with Crippen LogP contribution in [0.25, 0.3) is 5.57 Å². The lowest BCUT2D eigenvalue weighted by Gasteiger charge is -2.01. The molecule has 92 valence electrons. The van der Waals surface area contributed by atoms with Crippen molar-refractivity contribution in [2.24, 2.45) is 5.10 Å². The van der Waals surface area contributed by atoms with E-state index in [9.17, 15) is 4.79 Å². The number of carbonyl (C=O) groups is 1. The van der Waals surface area contributed by atoms with Crippen LogP contribution in [0.3, 0.4) is 0 Å². The lowest BCUT2D eigenvalue weighted by Crippen LogP contribution is -2.20. The molecule has 0 atom stereocenters. The van der Waals surface area contributed by atoms with E-state index in [4.69, 9.17) is 0 Å². The van der Waals surface area contributed by atoms with E-state index < -0.39 is 0 Å². The minimum atomic E-state index is -0.104. The molecule has 0 bridgehead atoms. The van der Waals surface area contributed by atoms with Gasteiger partial charge in [0.05, 0.1) is 0 Å². The number of aryl methyl sites for hydroxylation is 1. The van der Waals surface area contributed by atoms with Gasteiger partial charge in [-0.25, -0.2) is 4.68 Å². The fourth-order valence-electron chi connectivity index (χ4n) is 2.15. The van der Waals surface area contributed by atoms with Crippen molar-refractivity contribution in [3.63, 3.8) is 0 Å². The Balaban J connectivity index is 2.15. The Labute approximate surface area is 111 Å². The van der Waals surface area contributed by atoms with Gasteiger partial charge in [0.25, 0.3) is 0 Å². The Morgan fingerprint density at radius 3 is 2.53 bits per heavy atom. The second kappa shape index (κ2) is 4.01. The summed E-state index contributed by atoms with van der Waals surface area (Å²) in [4.78, 5) is 12.3. The SMILES string of the molecule is Bc1nnc(C)n1/N=C1\C(=C)c2ccccc2C1=O. The first-order chi connectivity index (χ1) is 9.09. The van der Waals surface area contributed by atoms with Gasteiger partial charge >= 0.3 is 0 Å². The highest BCUT2D eigenvalue weighted by atomic mass is 16.1. The van der Waals surface area contributed by atoms with Crippen molar-refractivity contribution in [2.45, 2.75) is 6.92 Å². The van der Waals surface area contributed by atoms with Crippen LogP contribution in [-0.4, -0.2) is 34.2 Å². The van der Waals surface area contributed by atoms with Crippen molar-refractivity contribution in [3.8, 4) is 0 Å². The second-order valence-corrected chi connectivity index (χ2v) is 4.41. The number of carbonyl (C=O) groups excluding carboxylic acids is 1. The molecule has 0 radical (unpaired) electrons. The third-order valence-corrected chi connectivity index (χ3v) is 3.15. The van der Waals surface area contributed by atoms with E-state index in [1.54, 1.807) is 25.5 Å². The molecule has 19 heavy (non-hydrogen) atoms. The Kier molecular flexibility index (Phi) is 2.45. The lowest BCUT2D eigenvalue weighted by atomic mass is 10.1. The fourth-order valence-corrected chi connectivity index (χ4v) is 2.15. The van der Waals surface area contributed by atoms with Crippen LogP contribution in [0.2, 0.25) is 0 Å². The predicted molar refractivity (Wildman–Crippen MR) is 75.6 cm³/mol. The van der Waals surface area contributed by atoms with Gasteiger partial charge < -0.3 is 0 Å². The standard InChI is InChI=1S/C13H11BN4O/c1-7-9-5-3-4-6-10(9)12(19)11(7)17-18-8(2)15-16-13(18)14/h3-6H,1,14H2,2H3/b17-11+. The minimum Gasteiger partial charge on any atom is -0.287 e. The number of nitrogens with zero attached hydrogens (tertiary/aromatic N) is 4. The molecule has 0 N–H and O–H groups in total. The molecule has 0 unspecified atom stereocenters. The Bertz CT molecular complexity index is 688. The van der Waals surface area contributed by atoms with Gasteiger partial charge in [-0.2, -0.15) is 5.10 Å². The number of allylic oxidation sites excluding steroid dienone is 1. The highest BCUT2D eigenvalue weighted by molar-refractivity contribution is 6.64. The van der Waals surface area contributed by atoms with Crippen LogP contribution in [0.15, 0.2) is 35.9 Å².